The van der Waals surface area contributed by atoms with E-state index in [4.69, 9.17) is 13.9 Å². The van der Waals surface area contributed by atoms with Gasteiger partial charge in [0.25, 0.3) is 0 Å². The molecule has 1 aromatic heterocycles. The van der Waals surface area contributed by atoms with E-state index in [1.54, 1.807) is 19.4 Å². The number of methoxy groups -OCH3 is 1. The molecule has 1 amide bonds. The number of furan rings is 1. The van der Waals surface area contributed by atoms with Crippen LogP contribution in [0.4, 0.5) is 11.4 Å². The van der Waals surface area contributed by atoms with Gasteiger partial charge in [-0.2, -0.15) is 0 Å². The van der Waals surface area contributed by atoms with Gasteiger partial charge in [-0.05, 0) is 62.2 Å². The van der Waals surface area contributed by atoms with Gasteiger partial charge in [-0.3, -0.25) is 4.79 Å². The maximum Gasteiger partial charge on any atom is 0.248 e. The molecule has 1 aliphatic heterocycles. The molecule has 1 fully saturated rings. The first-order valence-corrected chi connectivity index (χ1v) is 12.5. The van der Waals surface area contributed by atoms with Gasteiger partial charge in [-0.25, -0.2) is 0 Å². The van der Waals surface area contributed by atoms with E-state index in [1.165, 1.54) is 5.56 Å². The van der Waals surface area contributed by atoms with Gasteiger partial charge in [0.05, 0.1) is 26.6 Å². The Morgan fingerprint density at radius 3 is 2.41 bits per heavy atom. The number of carbonyl (C=O) groups is 1. The molecule has 37 heavy (non-hydrogen) atoms. The number of amides is 1. The zero-order valence-electron chi connectivity index (χ0n) is 21.8. The zero-order valence-corrected chi connectivity index (χ0v) is 21.8. The molecule has 1 N–H and O–H groups in total. The van der Waals surface area contributed by atoms with Crippen molar-refractivity contribution in [3.05, 3.63) is 83.6 Å². The number of allylic oxidation sites excluding steroid dienone is 1. The molecule has 0 atom stereocenters. The number of fused-ring (bicyclic) bond motifs is 1. The van der Waals surface area contributed by atoms with Crippen molar-refractivity contribution >= 4 is 33.8 Å². The monoisotopic (exact) mass is 496 g/mol. The quantitative estimate of drug-likeness (QED) is 0.305. The summed E-state index contributed by atoms with van der Waals surface area (Å²) >= 11 is 0. The van der Waals surface area contributed by atoms with Crippen molar-refractivity contribution in [1.29, 1.82) is 0 Å². The molecule has 0 aliphatic carbocycles. The lowest BCUT2D eigenvalue weighted by Crippen LogP contribution is -2.36. The number of hydrogen-bond acceptors (Lipinski definition) is 5. The summed E-state index contributed by atoms with van der Waals surface area (Å²) in [5.74, 6) is 0.510. The van der Waals surface area contributed by atoms with Crippen LogP contribution < -0.4 is 15.0 Å². The van der Waals surface area contributed by atoms with Crippen molar-refractivity contribution in [3.63, 3.8) is 0 Å². The Morgan fingerprint density at radius 1 is 1.03 bits per heavy atom. The van der Waals surface area contributed by atoms with Crippen molar-refractivity contribution in [3.8, 4) is 16.9 Å². The summed E-state index contributed by atoms with van der Waals surface area (Å²) in [6.45, 7) is 9.21. The Labute approximate surface area is 217 Å². The Bertz CT molecular complexity index is 1440. The molecule has 6 heteroatoms. The maximum absolute atomic E-state index is 12.9. The largest absolute Gasteiger partial charge is 0.496 e. The molecule has 1 aliphatic rings. The summed E-state index contributed by atoms with van der Waals surface area (Å²) in [4.78, 5) is 15.2. The average molecular weight is 497 g/mol. The van der Waals surface area contributed by atoms with Crippen LogP contribution >= 0.6 is 0 Å². The molecule has 1 saturated heterocycles. The minimum atomic E-state index is -0.192. The first kappa shape index (κ1) is 24.7. The van der Waals surface area contributed by atoms with E-state index in [0.29, 0.717) is 5.75 Å². The topological polar surface area (TPSA) is 63.9 Å². The molecule has 2 heterocycles. The standard InChI is InChI=1S/C31H32N2O4/c1-20-5-7-23(8-6-20)28-19-37-31-22(3)30(35-4)26(18-27(28)31)21(2)17-29(34)32-24-9-11-25(12-10-24)33-13-15-36-16-14-33/h5-12,17-19H,13-16H2,1-4H3,(H,32,34)/b21-17+. The van der Waals surface area contributed by atoms with Crippen molar-refractivity contribution in [2.24, 2.45) is 0 Å². The van der Waals surface area contributed by atoms with Gasteiger partial charge in [-0.15, -0.1) is 0 Å². The van der Waals surface area contributed by atoms with Gasteiger partial charge < -0.3 is 24.1 Å². The first-order chi connectivity index (χ1) is 17.9. The number of carbonyl (C=O) groups excluding carboxylic acids is 1. The Kier molecular flexibility index (Phi) is 7.01. The number of anilines is 2. The second-order valence-electron chi connectivity index (χ2n) is 9.44. The van der Waals surface area contributed by atoms with Crippen LogP contribution in [0.25, 0.3) is 27.7 Å². The number of ether oxygens (including phenoxy) is 2. The van der Waals surface area contributed by atoms with Crippen LogP contribution in [0, 0.1) is 13.8 Å². The molecule has 6 nitrogen and oxygen atoms in total. The van der Waals surface area contributed by atoms with Crippen LogP contribution in [0.2, 0.25) is 0 Å². The number of nitrogens with one attached hydrogen (secondary N) is 1. The number of aryl methyl sites for hydroxylation is 2. The van der Waals surface area contributed by atoms with Gasteiger partial charge in [0, 0.05) is 52.6 Å². The van der Waals surface area contributed by atoms with E-state index >= 15 is 0 Å². The Hall–Kier alpha value is -4.03. The first-order valence-electron chi connectivity index (χ1n) is 12.5. The summed E-state index contributed by atoms with van der Waals surface area (Å²) in [5.41, 5.74) is 8.54. The van der Waals surface area contributed by atoms with Crippen LogP contribution in [0.3, 0.4) is 0 Å². The summed E-state index contributed by atoms with van der Waals surface area (Å²) in [5, 5.41) is 3.97. The van der Waals surface area contributed by atoms with Gasteiger partial charge in [0.2, 0.25) is 5.91 Å². The molecule has 4 aromatic rings. The fourth-order valence-electron chi connectivity index (χ4n) is 4.86. The Balaban J connectivity index is 1.41. The number of nitrogens with zero attached hydrogens (tertiary/aromatic N) is 1. The predicted molar refractivity (Wildman–Crippen MR) is 149 cm³/mol. The average Bonchev–Trinajstić information content (AvgIpc) is 3.34. The van der Waals surface area contributed by atoms with Crippen LogP contribution in [0.5, 0.6) is 5.75 Å². The smallest absolute Gasteiger partial charge is 0.248 e. The fourth-order valence-corrected chi connectivity index (χ4v) is 4.86. The normalized spacial score (nSPS) is 14.2. The number of rotatable bonds is 6. The number of morpholine rings is 1. The molecule has 0 unspecified atom stereocenters. The third-order valence-corrected chi connectivity index (χ3v) is 6.89. The third kappa shape index (κ3) is 5.11. The summed E-state index contributed by atoms with van der Waals surface area (Å²) in [7, 11) is 1.64. The maximum atomic E-state index is 12.9. The van der Waals surface area contributed by atoms with Crippen molar-refractivity contribution in [2.75, 3.05) is 43.6 Å². The van der Waals surface area contributed by atoms with Crippen molar-refractivity contribution < 1.29 is 18.7 Å². The second kappa shape index (κ2) is 10.5. The van der Waals surface area contributed by atoms with Crippen LogP contribution in [-0.2, 0) is 9.53 Å². The van der Waals surface area contributed by atoms with E-state index < -0.39 is 0 Å². The van der Waals surface area contributed by atoms with Gasteiger partial charge >= 0.3 is 0 Å². The predicted octanol–water partition coefficient (Wildman–Crippen LogP) is 6.60. The minimum Gasteiger partial charge on any atom is -0.496 e. The van der Waals surface area contributed by atoms with Crippen molar-refractivity contribution in [1.82, 2.24) is 0 Å². The Morgan fingerprint density at radius 2 is 1.73 bits per heavy atom. The highest BCUT2D eigenvalue weighted by Crippen LogP contribution is 2.40. The lowest BCUT2D eigenvalue weighted by molar-refractivity contribution is -0.111. The molecule has 0 spiro atoms. The van der Waals surface area contributed by atoms with Gasteiger partial charge in [0.1, 0.15) is 11.3 Å². The summed E-state index contributed by atoms with van der Waals surface area (Å²) < 4.78 is 17.2. The fraction of sp³-hybridized carbons (Fsp3) is 0.258. The second-order valence-corrected chi connectivity index (χ2v) is 9.44. The highest BCUT2D eigenvalue weighted by molar-refractivity contribution is 6.06. The van der Waals surface area contributed by atoms with E-state index in [2.05, 4.69) is 47.5 Å². The molecule has 0 radical (unpaired) electrons. The van der Waals surface area contributed by atoms with Gasteiger partial charge in [0.15, 0.2) is 0 Å². The number of benzene rings is 3. The zero-order chi connectivity index (χ0) is 25.9. The van der Waals surface area contributed by atoms with E-state index in [-0.39, 0.29) is 5.91 Å². The van der Waals surface area contributed by atoms with Crippen LogP contribution in [0.1, 0.15) is 23.6 Å². The highest BCUT2D eigenvalue weighted by Gasteiger charge is 2.19. The van der Waals surface area contributed by atoms with Crippen molar-refractivity contribution in [2.45, 2.75) is 20.8 Å². The summed E-state index contributed by atoms with van der Waals surface area (Å²) in [6, 6.07) is 18.4. The van der Waals surface area contributed by atoms with Gasteiger partial charge in [-0.1, -0.05) is 29.8 Å². The highest BCUT2D eigenvalue weighted by atomic mass is 16.5. The molecule has 0 saturated carbocycles. The van der Waals surface area contributed by atoms with E-state index in [0.717, 1.165) is 76.5 Å². The molecule has 190 valence electrons. The van der Waals surface area contributed by atoms with Crippen LogP contribution in [0.15, 0.2) is 71.4 Å². The lowest BCUT2D eigenvalue weighted by atomic mass is 9.96. The lowest BCUT2D eigenvalue weighted by Gasteiger charge is -2.28. The van der Waals surface area contributed by atoms with E-state index in [1.807, 2.05) is 38.1 Å². The van der Waals surface area contributed by atoms with E-state index in [9.17, 15) is 4.79 Å². The molecule has 0 bridgehead atoms. The molecular weight excluding hydrogens is 464 g/mol. The molecule has 5 rings (SSSR count). The molecule has 3 aromatic carbocycles. The minimum absolute atomic E-state index is 0.192. The van der Waals surface area contributed by atoms with Crippen LogP contribution in [-0.4, -0.2) is 39.3 Å². The SMILES string of the molecule is COc1c(/C(C)=C/C(=O)Nc2ccc(N3CCOCC3)cc2)cc2c(-c3ccc(C)cc3)coc2c1C. The third-order valence-electron chi connectivity index (χ3n) is 6.89. The summed E-state index contributed by atoms with van der Waals surface area (Å²) in [6.07, 6.45) is 3.41. The molecular formula is C31H32N2O4. The number of hydrogen-bond donors (Lipinski definition) is 1.